The molecule has 2 heterocycles. The van der Waals surface area contributed by atoms with Gasteiger partial charge in [-0.1, -0.05) is 24.3 Å². The summed E-state index contributed by atoms with van der Waals surface area (Å²) in [7, 11) is 1.88. The first-order chi connectivity index (χ1) is 9.79. The molecule has 98 valence electrons. The molecule has 0 aliphatic heterocycles. The van der Waals surface area contributed by atoms with Crippen molar-refractivity contribution in [3.05, 3.63) is 42.2 Å². The van der Waals surface area contributed by atoms with Gasteiger partial charge in [-0.15, -0.1) is 0 Å². The summed E-state index contributed by atoms with van der Waals surface area (Å²) >= 11 is 0. The van der Waals surface area contributed by atoms with Gasteiger partial charge in [-0.3, -0.25) is 0 Å². The average molecular weight is 262 g/mol. The lowest BCUT2D eigenvalue weighted by Crippen LogP contribution is -1.96. The molecule has 2 N–H and O–H groups in total. The molecule has 0 atom stereocenters. The van der Waals surface area contributed by atoms with E-state index in [0.717, 1.165) is 27.8 Å². The number of anilines is 1. The molecule has 0 saturated carbocycles. The summed E-state index contributed by atoms with van der Waals surface area (Å²) in [5, 5.41) is 6.72. The summed E-state index contributed by atoms with van der Waals surface area (Å²) in [5.74, 6) is 0.833. The van der Waals surface area contributed by atoms with E-state index in [0.29, 0.717) is 0 Å². The molecule has 0 radical (unpaired) electrons. The highest BCUT2D eigenvalue weighted by Crippen LogP contribution is 2.33. The van der Waals surface area contributed by atoms with Crippen LogP contribution >= 0.6 is 0 Å². The van der Waals surface area contributed by atoms with E-state index in [4.69, 9.17) is 4.98 Å². The number of hydrogen-bond donors (Lipinski definition) is 2. The van der Waals surface area contributed by atoms with Gasteiger partial charge >= 0.3 is 0 Å². The van der Waals surface area contributed by atoms with Crippen LogP contribution in [0.1, 0.15) is 5.56 Å². The predicted octanol–water partition coefficient (Wildman–Crippen LogP) is 3.61. The minimum Gasteiger partial charge on any atom is -0.371 e. The Balaban J connectivity index is 2.31. The minimum absolute atomic E-state index is 0.833. The SMILES string of the molecule is CNc1nc2cc3ccccc3c(C)c2c2nc[nH]c12. The predicted molar refractivity (Wildman–Crippen MR) is 83.2 cm³/mol. The summed E-state index contributed by atoms with van der Waals surface area (Å²) < 4.78 is 0. The van der Waals surface area contributed by atoms with Gasteiger partial charge in [-0.25, -0.2) is 9.97 Å². The molecule has 0 aliphatic rings. The highest BCUT2D eigenvalue weighted by atomic mass is 15.0. The number of benzene rings is 2. The van der Waals surface area contributed by atoms with Crippen molar-refractivity contribution in [3.63, 3.8) is 0 Å². The molecule has 0 saturated heterocycles. The van der Waals surface area contributed by atoms with Gasteiger partial charge in [-0.2, -0.15) is 0 Å². The van der Waals surface area contributed by atoms with Crippen LogP contribution in [0, 0.1) is 6.92 Å². The zero-order valence-electron chi connectivity index (χ0n) is 11.4. The fourth-order valence-electron chi connectivity index (χ4n) is 2.92. The largest absolute Gasteiger partial charge is 0.371 e. The molecule has 0 bridgehead atoms. The number of pyridine rings is 1. The van der Waals surface area contributed by atoms with E-state index in [9.17, 15) is 0 Å². The monoisotopic (exact) mass is 262 g/mol. The average Bonchev–Trinajstić information content (AvgIpc) is 2.95. The Kier molecular flexibility index (Phi) is 2.21. The number of aromatic amines is 1. The summed E-state index contributed by atoms with van der Waals surface area (Å²) in [4.78, 5) is 12.4. The normalized spacial score (nSPS) is 11.5. The van der Waals surface area contributed by atoms with E-state index >= 15 is 0 Å². The third-order valence-electron chi connectivity index (χ3n) is 3.87. The smallest absolute Gasteiger partial charge is 0.152 e. The van der Waals surface area contributed by atoms with E-state index in [1.54, 1.807) is 6.33 Å². The molecule has 2 aromatic heterocycles. The second kappa shape index (κ2) is 3.93. The van der Waals surface area contributed by atoms with Crippen LogP contribution in [-0.4, -0.2) is 22.0 Å². The van der Waals surface area contributed by atoms with E-state index in [1.807, 2.05) is 7.05 Å². The first-order valence-corrected chi connectivity index (χ1v) is 6.62. The number of imidazole rings is 1. The summed E-state index contributed by atoms with van der Waals surface area (Å²) in [6.45, 7) is 2.14. The summed E-state index contributed by atoms with van der Waals surface area (Å²) in [6, 6.07) is 10.5. The van der Waals surface area contributed by atoms with Crippen LogP contribution in [0.2, 0.25) is 0 Å². The van der Waals surface area contributed by atoms with E-state index < -0.39 is 0 Å². The quantitative estimate of drug-likeness (QED) is 0.515. The lowest BCUT2D eigenvalue weighted by Gasteiger charge is -2.10. The van der Waals surface area contributed by atoms with Crippen molar-refractivity contribution in [3.8, 4) is 0 Å². The van der Waals surface area contributed by atoms with Crippen molar-refractivity contribution in [1.29, 1.82) is 0 Å². The zero-order valence-corrected chi connectivity index (χ0v) is 11.4. The van der Waals surface area contributed by atoms with Crippen LogP contribution in [0.5, 0.6) is 0 Å². The van der Waals surface area contributed by atoms with Gasteiger partial charge in [0.2, 0.25) is 0 Å². The molecule has 4 nitrogen and oxygen atoms in total. The summed E-state index contributed by atoms with van der Waals surface area (Å²) in [6.07, 6.45) is 1.72. The van der Waals surface area contributed by atoms with Crippen molar-refractivity contribution in [2.45, 2.75) is 6.92 Å². The highest BCUT2D eigenvalue weighted by molar-refractivity contribution is 6.13. The molecule has 20 heavy (non-hydrogen) atoms. The Morgan fingerprint density at radius 3 is 2.90 bits per heavy atom. The number of nitrogens with zero attached hydrogens (tertiary/aromatic N) is 2. The topological polar surface area (TPSA) is 53.6 Å². The van der Waals surface area contributed by atoms with Crippen molar-refractivity contribution >= 4 is 38.5 Å². The lowest BCUT2D eigenvalue weighted by atomic mass is 9.99. The van der Waals surface area contributed by atoms with Gasteiger partial charge in [-0.05, 0) is 29.3 Å². The molecule has 4 heteroatoms. The fraction of sp³-hybridized carbons (Fsp3) is 0.125. The second-order valence-electron chi connectivity index (χ2n) is 4.95. The first kappa shape index (κ1) is 11.2. The molecule has 0 fully saturated rings. The molecule has 4 aromatic rings. The maximum atomic E-state index is 4.72. The van der Waals surface area contributed by atoms with Crippen LogP contribution < -0.4 is 5.32 Å². The van der Waals surface area contributed by atoms with Crippen LogP contribution in [0.4, 0.5) is 5.82 Å². The number of fused-ring (bicyclic) bond motifs is 4. The maximum absolute atomic E-state index is 4.72. The molecule has 4 rings (SSSR count). The van der Waals surface area contributed by atoms with Crippen LogP contribution in [-0.2, 0) is 0 Å². The van der Waals surface area contributed by atoms with E-state index in [1.165, 1.54) is 16.3 Å². The number of aryl methyl sites for hydroxylation is 1. The highest BCUT2D eigenvalue weighted by Gasteiger charge is 2.13. The zero-order chi connectivity index (χ0) is 13.7. The molecule has 0 unspecified atom stereocenters. The van der Waals surface area contributed by atoms with Gasteiger partial charge in [0.25, 0.3) is 0 Å². The Morgan fingerprint density at radius 2 is 2.05 bits per heavy atom. The molecular formula is C16H14N4. The molecule has 2 aromatic carbocycles. The van der Waals surface area contributed by atoms with Crippen LogP contribution in [0.3, 0.4) is 0 Å². The third-order valence-corrected chi connectivity index (χ3v) is 3.87. The Morgan fingerprint density at radius 1 is 1.20 bits per heavy atom. The van der Waals surface area contributed by atoms with Crippen LogP contribution in [0.25, 0.3) is 32.7 Å². The Hall–Kier alpha value is -2.62. The number of rotatable bonds is 1. The standard InChI is InChI=1S/C16H14N4/c1-9-11-6-4-3-5-10(11)7-12-13(9)14-15(19-8-18-14)16(17-2)20-12/h3-8H,1-2H3,(H,17,20)(H,18,19). The number of aromatic nitrogens is 3. The van der Waals surface area contributed by atoms with Gasteiger partial charge in [0.05, 0.1) is 11.8 Å². The lowest BCUT2D eigenvalue weighted by molar-refractivity contribution is 1.32. The van der Waals surface area contributed by atoms with Gasteiger partial charge in [0.1, 0.15) is 11.0 Å². The number of H-pyrrole nitrogens is 1. The van der Waals surface area contributed by atoms with Crippen molar-refractivity contribution in [2.75, 3.05) is 12.4 Å². The molecule has 0 spiro atoms. The summed E-state index contributed by atoms with van der Waals surface area (Å²) in [5.41, 5.74) is 4.14. The second-order valence-corrected chi connectivity index (χ2v) is 4.95. The van der Waals surface area contributed by atoms with Crippen molar-refractivity contribution in [1.82, 2.24) is 15.0 Å². The van der Waals surface area contributed by atoms with Crippen LogP contribution in [0.15, 0.2) is 36.7 Å². The Labute approximate surface area is 115 Å². The minimum atomic E-state index is 0.833. The first-order valence-electron chi connectivity index (χ1n) is 6.62. The fourth-order valence-corrected chi connectivity index (χ4v) is 2.92. The molecule has 0 amide bonds. The van der Waals surface area contributed by atoms with E-state index in [2.05, 4.69) is 52.5 Å². The van der Waals surface area contributed by atoms with Crippen molar-refractivity contribution in [2.24, 2.45) is 0 Å². The molecular weight excluding hydrogens is 248 g/mol. The van der Waals surface area contributed by atoms with Gasteiger partial charge < -0.3 is 10.3 Å². The maximum Gasteiger partial charge on any atom is 0.152 e. The Bertz CT molecular complexity index is 953. The van der Waals surface area contributed by atoms with Crippen molar-refractivity contribution < 1.29 is 0 Å². The van der Waals surface area contributed by atoms with Gasteiger partial charge in [0.15, 0.2) is 5.82 Å². The number of nitrogens with one attached hydrogen (secondary N) is 2. The third kappa shape index (κ3) is 1.36. The number of hydrogen-bond acceptors (Lipinski definition) is 3. The van der Waals surface area contributed by atoms with Gasteiger partial charge in [0, 0.05) is 12.4 Å². The van der Waals surface area contributed by atoms with E-state index in [-0.39, 0.29) is 0 Å². The molecule has 0 aliphatic carbocycles.